The van der Waals surface area contributed by atoms with Crippen molar-refractivity contribution in [1.82, 2.24) is 0 Å². The van der Waals surface area contributed by atoms with Crippen LogP contribution in [0.4, 0.5) is 0 Å². The van der Waals surface area contributed by atoms with Crippen molar-refractivity contribution < 1.29 is 0 Å². The molecule has 1 aromatic rings. The van der Waals surface area contributed by atoms with Crippen LogP contribution in [0, 0.1) is 5.41 Å². The van der Waals surface area contributed by atoms with Crippen LogP contribution in [0.1, 0.15) is 59.1 Å². The third-order valence-electron chi connectivity index (χ3n) is 3.07. The zero-order valence-corrected chi connectivity index (χ0v) is 12.9. The lowest BCUT2D eigenvalue weighted by Gasteiger charge is -2.19. The van der Waals surface area contributed by atoms with Crippen molar-refractivity contribution in [3.8, 4) is 0 Å². The van der Waals surface area contributed by atoms with E-state index in [-0.39, 0.29) is 5.41 Å². The Bertz CT molecular complexity index is 380. The zero-order chi connectivity index (χ0) is 13.8. The lowest BCUT2D eigenvalue weighted by molar-refractivity contribution is 0.420. The van der Waals surface area contributed by atoms with Gasteiger partial charge in [-0.25, -0.2) is 0 Å². The lowest BCUT2D eigenvalue weighted by atomic mass is 9.86. The highest BCUT2D eigenvalue weighted by Crippen LogP contribution is 2.22. The van der Waals surface area contributed by atoms with E-state index in [0.29, 0.717) is 5.41 Å². The normalized spacial score (nSPS) is 13.2. The molecule has 0 unspecified atom stereocenters. The summed E-state index contributed by atoms with van der Waals surface area (Å²) in [6.45, 7) is 13.6. The Morgan fingerprint density at radius 2 is 1.39 bits per heavy atom. The van der Waals surface area contributed by atoms with Crippen LogP contribution in [0.2, 0.25) is 0 Å². The number of allylic oxidation sites excluding steroid dienone is 2. The second kappa shape index (κ2) is 5.73. The summed E-state index contributed by atoms with van der Waals surface area (Å²) < 4.78 is 0. The smallest absolute Gasteiger partial charge is 0.00974 e. The number of hydrogen-bond donors (Lipinski definition) is 0. The Kier molecular flexibility index (Phi) is 4.78. The maximum absolute atomic E-state index is 2.30. The van der Waals surface area contributed by atoms with Crippen molar-refractivity contribution >= 4 is 0 Å². The second-order valence-corrected chi connectivity index (χ2v) is 7.39. The molecule has 0 saturated heterocycles. The van der Waals surface area contributed by atoms with Gasteiger partial charge < -0.3 is 0 Å². The second-order valence-electron chi connectivity index (χ2n) is 7.39. The third-order valence-corrected chi connectivity index (χ3v) is 3.07. The highest BCUT2D eigenvalue weighted by molar-refractivity contribution is 5.28. The van der Waals surface area contributed by atoms with E-state index in [0.717, 1.165) is 12.8 Å². The molecule has 1 rings (SSSR count). The summed E-state index contributed by atoms with van der Waals surface area (Å²) in [4.78, 5) is 0. The maximum Gasteiger partial charge on any atom is -0.00974 e. The van der Waals surface area contributed by atoms with Gasteiger partial charge in [-0.1, -0.05) is 78.0 Å². The molecule has 0 aliphatic carbocycles. The maximum atomic E-state index is 2.30. The minimum Gasteiger partial charge on any atom is -0.0877 e. The Balaban J connectivity index is 2.55. The van der Waals surface area contributed by atoms with Gasteiger partial charge in [-0.15, -0.1) is 0 Å². The molecular formula is C18H28. The van der Waals surface area contributed by atoms with Crippen LogP contribution in [-0.2, 0) is 11.8 Å². The predicted octanol–water partition coefficient (Wildman–Crippen LogP) is 5.52. The van der Waals surface area contributed by atoms with Gasteiger partial charge in [0.1, 0.15) is 0 Å². The third kappa shape index (κ3) is 5.53. The van der Waals surface area contributed by atoms with Crippen LogP contribution in [0.3, 0.4) is 0 Å². The molecule has 0 heteroatoms. The van der Waals surface area contributed by atoms with Gasteiger partial charge in [0.05, 0.1) is 0 Å². The molecule has 0 atom stereocenters. The average molecular weight is 244 g/mol. The van der Waals surface area contributed by atoms with E-state index in [1.807, 2.05) is 0 Å². The first-order valence-corrected chi connectivity index (χ1v) is 6.93. The molecule has 0 aromatic heterocycles. The minimum atomic E-state index is 0.251. The summed E-state index contributed by atoms with van der Waals surface area (Å²) in [5, 5.41) is 0. The summed E-state index contributed by atoms with van der Waals surface area (Å²) in [5.74, 6) is 0. The van der Waals surface area contributed by atoms with Gasteiger partial charge in [0.25, 0.3) is 0 Å². The molecule has 0 saturated carbocycles. The first-order chi connectivity index (χ1) is 8.18. The van der Waals surface area contributed by atoms with Gasteiger partial charge >= 0.3 is 0 Å². The van der Waals surface area contributed by atoms with Crippen LogP contribution in [0.15, 0.2) is 36.4 Å². The number of hydrogen-bond acceptors (Lipinski definition) is 0. The molecule has 0 radical (unpaired) electrons. The van der Waals surface area contributed by atoms with Crippen molar-refractivity contribution in [2.75, 3.05) is 0 Å². The molecule has 0 heterocycles. The topological polar surface area (TPSA) is 0 Å². The summed E-state index contributed by atoms with van der Waals surface area (Å²) in [6.07, 6.45) is 6.78. The molecule has 0 bridgehead atoms. The molecule has 0 aliphatic heterocycles. The highest BCUT2D eigenvalue weighted by Gasteiger charge is 2.12. The van der Waals surface area contributed by atoms with Gasteiger partial charge in [0, 0.05) is 0 Å². The fourth-order valence-corrected chi connectivity index (χ4v) is 1.80. The Labute approximate surface area is 113 Å². The van der Waals surface area contributed by atoms with E-state index in [1.165, 1.54) is 11.1 Å². The minimum absolute atomic E-state index is 0.251. The molecule has 100 valence electrons. The van der Waals surface area contributed by atoms with Gasteiger partial charge in [0.2, 0.25) is 0 Å². The van der Waals surface area contributed by atoms with Gasteiger partial charge in [0.15, 0.2) is 0 Å². The monoisotopic (exact) mass is 244 g/mol. The molecule has 0 fully saturated rings. The molecule has 18 heavy (non-hydrogen) atoms. The van der Waals surface area contributed by atoms with E-state index in [2.05, 4.69) is 78.0 Å². The molecule has 0 amide bonds. The summed E-state index contributed by atoms with van der Waals surface area (Å²) in [6, 6.07) is 9.02. The lowest BCUT2D eigenvalue weighted by Crippen LogP contribution is -2.10. The van der Waals surface area contributed by atoms with Crippen molar-refractivity contribution in [2.45, 2.75) is 59.8 Å². The standard InChI is InChI=1S/C18H28/c1-17(2,3)14-8-7-9-15-10-12-16(13-11-15)18(4,5)6/h7-8,10-13H,9,14H2,1-6H3/b8-7-. The van der Waals surface area contributed by atoms with E-state index in [4.69, 9.17) is 0 Å². The molecule has 0 N–H and O–H groups in total. The zero-order valence-electron chi connectivity index (χ0n) is 12.9. The summed E-state index contributed by atoms with van der Waals surface area (Å²) in [7, 11) is 0. The fraction of sp³-hybridized carbons (Fsp3) is 0.556. The first-order valence-electron chi connectivity index (χ1n) is 6.93. The predicted molar refractivity (Wildman–Crippen MR) is 82.1 cm³/mol. The molecule has 0 spiro atoms. The molecule has 1 aromatic carbocycles. The molecule has 0 nitrogen and oxygen atoms in total. The fourth-order valence-electron chi connectivity index (χ4n) is 1.80. The van der Waals surface area contributed by atoms with Crippen molar-refractivity contribution in [1.29, 1.82) is 0 Å². The first kappa shape index (κ1) is 15.0. The highest BCUT2D eigenvalue weighted by atomic mass is 14.2. The SMILES string of the molecule is CC(C)(C)C/C=C\Cc1ccc(C(C)(C)C)cc1. The number of benzene rings is 1. The van der Waals surface area contributed by atoms with Gasteiger partial charge in [-0.3, -0.25) is 0 Å². The number of rotatable bonds is 3. The van der Waals surface area contributed by atoms with Gasteiger partial charge in [-0.05, 0) is 34.8 Å². The average Bonchev–Trinajstić information content (AvgIpc) is 2.22. The van der Waals surface area contributed by atoms with Crippen molar-refractivity contribution in [2.24, 2.45) is 5.41 Å². The Morgan fingerprint density at radius 1 is 0.833 bits per heavy atom. The van der Waals surface area contributed by atoms with Crippen LogP contribution in [-0.4, -0.2) is 0 Å². The van der Waals surface area contributed by atoms with Gasteiger partial charge in [-0.2, -0.15) is 0 Å². The van der Waals surface area contributed by atoms with Crippen LogP contribution in [0.5, 0.6) is 0 Å². The molecular weight excluding hydrogens is 216 g/mol. The van der Waals surface area contributed by atoms with Crippen LogP contribution in [0.25, 0.3) is 0 Å². The van der Waals surface area contributed by atoms with E-state index in [1.54, 1.807) is 0 Å². The summed E-state index contributed by atoms with van der Waals surface area (Å²) >= 11 is 0. The Morgan fingerprint density at radius 3 is 1.83 bits per heavy atom. The van der Waals surface area contributed by atoms with E-state index in [9.17, 15) is 0 Å². The largest absolute Gasteiger partial charge is 0.0877 e. The quantitative estimate of drug-likeness (QED) is 0.614. The van der Waals surface area contributed by atoms with Crippen molar-refractivity contribution in [3.05, 3.63) is 47.5 Å². The van der Waals surface area contributed by atoms with Crippen molar-refractivity contribution in [3.63, 3.8) is 0 Å². The summed E-state index contributed by atoms with van der Waals surface area (Å²) in [5.41, 5.74) is 3.45. The molecule has 0 aliphatic rings. The van der Waals surface area contributed by atoms with Crippen LogP contribution < -0.4 is 0 Å². The van der Waals surface area contributed by atoms with E-state index >= 15 is 0 Å². The van der Waals surface area contributed by atoms with Crippen LogP contribution >= 0.6 is 0 Å². The Hall–Kier alpha value is -1.04. The van der Waals surface area contributed by atoms with E-state index < -0.39 is 0 Å².